The highest BCUT2D eigenvalue weighted by Crippen LogP contribution is 2.38. The minimum absolute atomic E-state index is 0.00358. The predicted molar refractivity (Wildman–Crippen MR) is 81.1 cm³/mol. The van der Waals surface area contributed by atoms with Gasteiger partial charge in [0.2, 0.25) is 5.91 Å². The lowest BCUT2D eigenvalue weighted by molar-refractivity contribution is -0.123. The van der Waals surface area contributed by atoms with Crippen LogP contribution >= 0.6 is 0 Å². The molecule has 1 aliphatic rings. The maximum Gasteiger partial charge on any atom is 0.242 e. The summed E-state index contributed by atoms with van der Waals surface area (Å²) in [6.07, 6.45) is 3.98. The number of amides is 1. The molecule has 0 bridgehead atoms. The second kappa shape index (κ2) is 7.04. The molecular formula is C16H18F2N4O2. The van der Waals surface area contributed by atoms with Crippen LogP contribution in [0.1, 0.15) is 36.1 Å². The number of methoxy groups -OCH3 is 1. The number of hydrogen-bond donors (Lipinski definition) is 1. The summed E-state index contributed by atoms with van der Waals surface area (Å²) in [5.41, 5.74) is 1.33. The molecule has 0 saturated heterocycles. The van der Waals surface area contributed by atoms with Gasteiger partial charge in [-0.15, -0.1) is 5.10 Å². The highest BCUT2D eigenvalue weighted by molar-refractivity contribution is 5.76. The second-order valence-corrected chi connectivity index (χ2v) is 5.86. The lowest BCUT2D eigenvalue weighted by Crippen LogP contribution is -2.34. The average molecular weight is 336 g/mol. The standard InChI is InChI=1S/C16H18F2N4O2/c1-24-9-15(11-4-5-12(17)13(18)6-11)19-16(23)8-22-7-14(20-21-22)10-2-3-10/h4-7,10,15H,2-3,8-9H2,1H3,(H,19,23)/t15-/m1/s1. The summed E-state index contributed by atoms with van der Waals surface area (Å²) in [7, 11) is 1.47. The van der Waals surface area contributed by atoms with E-state index in [0.29, 0.717) is 11.5 Å². The molecule has 1 aliphatic carbocycles. The summed E-state index contributed by atoms with van der Waals surface area (Å²) in [6.45, 7) is 0.144. The van der Waals surface area contributed by atoms with Crippen molar-refractivity contribution in [1.29, 1.82) is 0 Å². The van der Waals surface area contributed by atoms with Gasteiger partial charge in [-0.05, 0) is 30.5 Å². The fourth-order valence-electron chi connectivity index (χ4n) is 2.46. The summed E-state index contributed by atoms with van der Waals surface area (Å²) < 4.78 is 33.0. The zero-order chi connectivity index (χ0) is 17.1. The average Bonchev–Trinajstić information content (AvgIpc) is 3.30. The van der Waals surface area contributed by atoms with Crippen molar-refractivity contribution >= 4 is 5.91 Å². The molecule has 2 aromatic rings. The van der Waals surface area contributed by atoms with Crippen LogP contribution in [0.15, 0.2) is 24.4 Å². The Hall–Kier alpha value is -2.35. The van der Waals surface area contributed by atoms with Crippen LogP contribution in [-0.2, 0) is 16.1 Å². The van der Waals surface area contributed by atoms with Gasteiger partial charge in [-0.25, -0.2) is 13.5 Å². The van der Waals surface area contributed by atoms with Gasteiger partial charge in [-0.2, -0.15) is 0 Å². The second-order valence-electron chi connectivity index (χ2n) is 5.86. The number of carbonyl (C=O) groups excluding carboxylic acids is 1. The molecule has 0 aliphatic heterocycles. The van der Waals surface area contributed by atoms with Crippen molar-refractivity contribution in [2.45, 2.75) is 31.3 Å². The molecule has 1 fully saturated rings. The Morgan fingerprint density at radius 2 is 2.21 bits per heavy atom. The van der Waals surface area contributed by atoms with Crippen LogP contribution in [0.25, 0.3) is 0 Å². The van der Waals surface area contributed by atoms with E-state index in [1.165, 1.54) is 17.9 Å². The first-order chi connectivity index (χ1) is 11.6. The molecule has 3 rings (SSSR count). The molecule has 0 spiro atoms. The van der Waals surface area contributed by atoms with Crippen LogP contribution in [0.4, 0.5) is 8.78 Å². The fraction of sp³-hybridized carbons (Fsp3) is 0.438. The van der Waals surface area contributed by atoms with Crippen LogP contribution in [0.5, 0.6) is 0 Å². The first kappa shape index (κ1) is 16.5. The molecule has 1 aromatic heterocycles. The largest absolute Gasteiger partial charge is 0.382 e. The molecule has 1 atom stereocenters. The maximum absolute atomic E-state index is 13.4. The highest BCUT2D eigenvalue weighted by atomic mass is 19.2. The van der Waals surface area contributed by atoms with Crippen molar-refractivity contribution in [3.8, 4) is 0 Å². The number of carbonyl (C=O) groups is 1. The predicted octanol–water partition coefficient (Wildman–Crippen LogP) is 1.94. The third-order valence-corrected chi connectivity index (χ3v) is 3.87. The van der Waals surface area contributed by atoms with Crippen molar-refractivity contribution in [3.05, 3.63) is 47.3 Å². The van der Waals surface area contributed by atoms with Crippen molar-refractivity contribution < 1.29 is 18.3 Å². The number of benzene rings is 1. The molecule has 1 amide bonds. The number of halogens is 2. The van der Waals surface area contributed by atoms with Crippen LogP contribution < -0.4 is 5.32 Å². The summed E-state index contributed by atoms with van der Waals surface area (Å²) in [6, 6.07) is 2.92. The Labute approximate surface area is 137 Å². The normalized spacial score (nSPS) is 15.3. The molecule has 128 valence electrons. The first-order valence-electron chi connectivity index (χ1n) is 7.70. The number of hydrogen-bond acceptors (Lipinski definition) is 4. The Morgan fingerprint density at radius 3 is 2.88 bits per heavy atom. The third kappa shape index (κ3) is 3.94. The van der Waals surface area contributed by atoms with Gasteiger partial charge in [-0.1, -0.05) is 11.3 Å². The Kier molecular flexibility index (Phi) is 4.84. The lowest BCUT2D eigenvalue weighted by Gasteiger charge is -2.18. The van der Waals surface area contributed by atoms with E-state index in [2.05, 4.69) is 15.6 Å². The zero-order valence-electron chi connectivity index (χ0n) is 13.2. The smallest absolute Gasteiger partial charge is 0.242 e. The molecular weight excluding hydrogens is 318 g/mol. The number of nitrogens with zero attached hydrogens (tertiary/aromatic N) is 3. The lowest BCUT2D eigenvalue weighted by atomic mass is 10.1. The van der Waals surface area contributed by atoms with Gasteiger partial charge >= 0.3 is 0 Å². The molecule has 1 aromatic carbocycles. The van der Waals surface area contributed by atoms with Crippen molar-refractivity contribution in [1.82, 2.24) is 20.3 Å². The SMILES string of the molecule is COC[C@@H](NC(=O)Cn1cc(C2CC2)nn1)c1ccc(F)c(F)c1. The minimum Gasteiger partial charge on any atom is -0.382 e. The van der Waals surface area contributed by atoms with E-state index in [-0.39, 0.29) is 19.1 Å². The Balaban J connectivity index is 1.65. The van der Waals surface area contributed by atoms with Crippen molar-refractivity contribution in [2.24, 2.45) is 0 Å². The first-order valence-corrected chi connectivity index (χ1v) is 7.70. The quantitative estimate of drug-likeness (QED) is 0.839. The van der Waals surface area contributed by atoms with Gasteiger partial charge < -0.3 is 10.1 Å². The van der Waals surface area contributed by atoms with E-state index in [1.807, 2.05) is 0 Å². The summed E-state index contributed by atoms with van der Waals surface area (Å²) in [5, 5.41) is 10.7. The summed E-state index contributed by atoms with van der Waals surface area (Å²) in [5.74, 6) is -1.75. The molecule has 1 heterocycles. The number of rotatable bonds is 7. The maximum atomic E-state index is 13.4. The molecule has 1 N–H and O–H groups in total. The van der Waals surface area contributed by atoms with E-state index in [4.69, 9.17) is 4.74 Å². The van der Waals surface area contributed by atoms with Crippen LogP contribution in [-0.4, -0.2) is 34.6 Å². The van der Waals surface area contributed by atoms with Gasteiger partial charge in [0.1, 0.15) is 6.54 Å². The van der Waals surface area contributed by atoms with E-state index in [1.54, 1.807) is 6.20 Å². The number of ether oxygens (including phenoxy) is 1. The number of nitrogens with one attached hydrogen (secondary N) is 1. The molecule has 6 nitrogen and oxygen atoms in total. The third-order valence-electron chi connectivity index (χ3n) is 3.87. The molecule has 0 radical (unpaired) electrons. The number of aromatic nitrogens is 3. The van der Waals surface area contributed by atoms with Gasteiger partial charge in [0.05, 0.1) is 18.3 Å². The summed E-state index contributed by atoms with van der Waals surface area (Å²) in [4.78, 5) is 12.2. The summed E-state index contributed by atoms with van der Waals surface area (Å²) >= 11 is 0. The van der Waals surface area contributed by atoms with Gasteiger partial charge in [0, 0.05) is 19.2 Å². The Morgan fingerprint density at radius 1 is 1.42 bits per heavy atom. The molecule has 8 heteroatoms. The molecule has 24 heavy (non-hydrogen) atoms. The van der Waals surface area contributed by atoms with Gasteiger partial charge in [-0.3, -0.25) is 4.79 Å². The minimum atomic E-state index is -0.965. The fourth-order valence-corrected chi connectivity index (χ4v) is 2.46. The van der Waals surface area contributed by atoms with Crippen LogP contribution in [0.3, 0.4) is 0 Å². The van der Waals surface area contributed by atoms with Crippen molar-refractivity contribution in [2.75, 3.05) is 13.7 Å². The van der Waals surface area contributed by atoms with Gasteiger partial charge in [0.15, 0.2) is 11.6 Å². The van der Waals surface area contributed by atoms with E-state index < -0.39 is 17.7 Å². The topological polar surface area (TPSA) is 69.0 Å². The zero-order valence-corrected chi connectivity index (χ0v) is 13.2. The Bertz CT molecular complexity index is 731. The van der Waals surface area contributed by atoms with Crippen molar-refractivity contribution in [3.63, 3.8) is 0 Å². The highest BCUT2D eigenvalue weighted by Gasteiger charge is 2.26. The van der Waals surface area contributed by atoms with E-state index in [0.717, 1.165) is 30.7 Å². The van der Waals surface area contributed by atoms with Crippen LogP contribution in [0, 0.1) is 11.6 Å². The van der Waals surface area contributed by atoms with Crippen LogP contribution in [0.2, 0.25) is 0 Å². The van der Waals surface area contributed by atoms with E-state index >= 15 is 0 Å². The molecule has 0 unspecified atom stereocenters. The monoisotopic (exact) mass is 336 g/mol. The van der Waals surface area contributed by atoms with E-state index in [9.17, 15) is 13.6 Å². The van der Waals surface area contributed by atoms with Gasteiger partial charge in [0.25, 0.3) is 0 Å². The molecule has 1 saturated carbocycles.